The van der Waals surface area contributed by atoms with E-state index in [1.807, 2.05) is 60.7 Å². The van der Waals surface area contributed by atoms with E-state index in [1.165, 1.54) is 0 Å². The highest BCUT2D eigenvalue weighted by molar-refractivity contribution is 5.94. The molecule has 10 nitrogen and oxygen atoms in total. The van der Waals surface area contributed by atoms with E-state index in [0.717, 1.165) is 29.7 Å². The van der Waals surface area contributed by atoms with Crippen LogP contribution in [0.1, 0.15) is 67.6 Å². The van der Waals surface area contributed by atoms with Crippen LogP contribution in [0.25, 0.3) is 0 Å². The number of nitrogen functional groups attached to an aromatic ring is 1. The zero-order chi connectivity index (χ0) is 30.9. The molecule has 5 rings (SSSR count). The van der Waals surface area contributed by atoms with Gasteiger partial charge in [-0.05, 0) is 54.7 Å². The van der Waals surface area contributed by atoms with Gasteiger partial charge in [-0.1, -0.05) is 48.5 Å². The lowest BCUT2D eigenvalue weighted by Crippen LogP contribution is -2.38. The lowest BCUT2D eigenvalue weighted by atomic mass is 9.99. The van der Waals surface area contributed by atoms with Crippen molar-refractivity contribution in [2.45, 2.75) is 69.7 Å². The van der Waals surface area contributed by atoms with Gasteiger partial charge in [0, 0.05) is 50.1 Å². The van der Waals surface area contributed by atoms with Gasteiger partial charge in [0.25, 0.3) is 0 Å². The molecule has 44 heavy (non-hydrogen) atoms. The van der Waals surface area contributed by atoms with Crippen LogP contribution in [0.15, 0.2) is 72.8 Å². The summed E-state index contributed by atoms with van der Waals surface area (Å²) in [6.07, 6.45) is 1.88. The summed E-state index contributed by atoms with van der Waals surface area (Å²) in [6.45, 7) is 2.13. The molecule has 2 heterocycles. The molecule has 4 atom stereocenters. The van der Waals surface area contributed by atoms with Gasteiger partial charge in [0.05, 0.1) is 36.3 Å². The number of ether oxygens (including phenoxy) is 2. The molecule has 2 amide bonds. The molecular weight excluding hydrogens is 560 g/mol. The Labute approximate surface area is 258 Å². The maximum atomic E-state index is 12.7. The minimum Gasteiger partial charge on any atom is -0.397 e. The Morgan fingerprint density at radius 1 is 0.909 bits per heavy atom. The number of nitrogens with one attached hydrogen (secondary N) is 2. The highest BCUT2D eigenvalue weighted by Gasteiger charge is 2.34. The largest absolute Gasteiger partial charge is 0.397 e. The molecule has 0 aromatic heterocycles. The summed E-state index contributed by atoms with van der Waals surface area (Å²) in [6, 6.07) is 22.4. The van der Waals surface area contributed by atoms with Crippen molar-refractivity contribution in [1.82, 2.24) is 4.90 Å². The number of carbonyl (C=O) groups is 2. The molecule has 0 radical (unpaired) electrons. The van der Waals surface area contributed by atoms with Gasteiger partial charge >= 0.3 is 0 Å². The summed E-state index contributed by atoms with van der Waals surface area (Å²) in [7, 11) is 0. The minimum atomic E-state index is -0.641. The van der Waals surface area contributed by atoms with Crippen LogP contribution < -0.4 is 16.4 Å². The molecule has 0 saturated carbocycles. The normalized spacial score (nSPS) is 22.0. The summed E-state index contributed by atoms with van der Waals surface area (Å²) >= 11 is 0. The third-order valence-corrected chi connectivity index (χ3v) is 8.06. The Kier molecular flexibility index (Phi) is 11.0. The number of nitrogens with zero attached hydrogens (tertiary/aromatic N) is 1. The average Bonchev–Trinajstić information content (AvgIpc) is 3.44. The van der Waals surface area contributed by atoms with E-state index in [1.54, 1.807) is 12.1 Å². The van der Waals surface area contributed by atoms with Crippen molar-refractivity contribution in [2.75, 3.05) is 36.0 Å². The van der Waals surface area contributed by atoms with Crippen LogP contribution >= 0.6 is 0 Å². The zero-order valence-corrected chi connectivity index (χ0v) is 24.9. The smallest absolute Gasteiger partial charge is 0.224 e. The molecule has 2 fully saturated rings. The van der Waals surface area contributed by atoms with Gasteiger partial charge in [0.15, 0.2) is 6.29 Å². The number of rotatable bonds is 12. The number of likely N-dealkylation sites (tertiary alicyclic amines) is 1. The van der Waals surface area contributed by atoms with Gasteiger partial charge in [-0.15, -0.1) is 0 Å². The van der Waals surface area contributed by atoms with Crippen molar-refractivity contribution in [3.05, 3.63) is 89.5 Å². The van der Waals surface area contributed by atoms with E-state index in [4.69, 9.17) is 15.2 Å². The van der Waals surface area contributed by atoms with Crippen molar-refractivity contribution in [2.24, 2.45) is 0 Å². The fourth-order valence-electron chi connectivity index (χ4n) is 5.68. The standard InChI is InChI=1S/C34H42N4O6/c35-29-8-1-2-9-30(29)37-33(42)11-4-3-10-32(41)36-26-7-5-6-25(18-26)34-43-28(21-38-17-16-27(40)20-38)19-31(44-34)24-14-12-23(22-39)13-15-24/h1-2,5-9,12-15,18,27-28,31,34,39-40H,3-4,10-11,16-17,19-22,35H2,(H,36,41)(H,37,42)/t27-,28+,31-,34-/m0/s1. The molecule has 0 unspecified atom stereocenters. The predicted molar refractivity (Wildman–Crippen MR) is 169 cm³/mol. The van der Waals surface area contributed by atoms with E-state index >= 15 is 0 Å². The first kappa shape index (κ1) is 31.6. The molecule has 2 saturated heterocycles. The highest BCUT2D eigenvalue weighted by atomic mass is 16.7. The summed E-state index contributed by atoms with van der Waals surface area (Å²) in [5.74, 6) is -0.266. The second-order valence-corrected chi connectivity index (χ2v) is 11.6. The minimum absolute atomic E-state index is 0.0187. The molecular formula is C34H42N4O6. The number of anilines is 3. The topological polar surface area (TPSA) is 146 Å². The summed E-state index contributed by atoms with van der Waals surface area (Å²) in [5, 5.41) is 25.2. The molecule has 3 aromatic carbocycles. The van der Waals surface area contributed by atoms with E-state index < -0.39 is 6.29 Å². The molecule has 0 spiro atoms. The molecule has 6 N–H and O–H groups in total. The van der Waals surface area contributed by atoms with Crippen molar-refractivity contribution < 1.29 is 29.3 Å². The van der Waals surface area contributed by atoms with Crippen LogP contribution in [-0.4, -0.2) is 58.8 Å². The quantitative estimate of drug-likeness (QED) is 0.150. The number of nitrogens with two attached hydrogens (primary N) is 1. The Hall–Kier alpha value is -3.80. The summed E-state index contributed by atoms with van der Waals surface area (Å²) < 4.78 is 12.9. The van der Waals surface area contributed by atoms with Gasteiger partial charge in [-0.3, -0.25) is 14.5 Å². The average molecular weight is 603 g/mol. The molecule has 2 aliphatic rings. The lowest BCUT2D eigenvalue weighted by Gasteiger charge is -2.38. The number of unbranched alkanes of at least 4 members (excludes halogenated alkanes) is 1. The number of aliphatic hydroxyl groups is 2. The molecule has 3 aromatic rings. The maximum Gasteiger partial charge on any atom is 0.224 e. The first-order chi connectivity index (χ1) is 21.4. The number of hydrogen-bond acceptors (Lipinski definition) is 8. The number of hydrogen-bond donors (Lipinski definition) is 5. The molecule has 234 valence electrons. The van der Waals surface area contributed by atoms with Gasteiger partial charge in [0.2, 0.25) is 11.8 Å². The van der Waals surface area contributed by atoms with E-state index in [0.29, 0.717) is 55.8 Å². The Morgan fingerprint density at radius 2 is 1.66 bits per heavy atom. The van der Waals surface area contributed by atoms with Crippen LogP contribution in [0, 0.1) is 0 Å². The van der Waals surface area contributed by atoms with Crippen LogP contribution in [0.5, 0.6) is 0 Å². The van der Waals surface area contributed by atoms with E-state index in [9.17, 15) is 19.8 Å². The van der Waals surface area contributed by atoms with Crippen molar-refractivity contribution in [3.63, 3.8) is 0 Å². The Morgan fingerprint density at radius 3 is 2.36 bits per heavy atom. The first-order valence-electron chi connectivity index (χ1n) is 15.3. The molecule has 0 bridgehead atoms. The molecule has 0 aliphatic carbocycles. The number of carbonyl (C=O) groups excluding carboxylic acids is 2. The highest BCUT2D eigenvalue weighted by Crippen LogP contribution is 2.39. The number of amides is 2. The third-order valence-electron chi connectivity index (χ3n) is 8.06. The third kappa shape index (κ3) is 8.87. The van der Waals surface area contributed by atoms with E-state index in [2.05, 4.69) is 15.5 Å². The van der Waals surface area contributed by atoms with Gasteiger partial charge in [-0.25, -0.2) is 0 Å². The number of para-hydroxylation sites is 2. The summed E-state index contributed by atoms with van der Waals surface area (Å²) in [4.78, 5) is 27.2. The maximum absolute atomic E-state index is 12.7. The first-order valence-corrected chi connectivity index (χ1v) is 15.3. The summed E-state index contributed by atoms with van der Waals surface area (Å²) in [5.41, 5.74) is 10.3. The monoisotopic (exact) mass is 602 g/mol. The van der Waals surface area contributed by atoms with Crippen LogP contribution in [-0.2, 0) is 25.7 Å². The second-order valence-electron chi connectivity index (χ2n) is 11.6. The van der Waals surface area contributed by atoms with Crippen LogP contribution in [0.2, 0.25) is 0 Å². The Bertz CT molecular complexity index is 1400. The number of benzene rings is 3. The zero-order valence-electron chi connectivity index (χ0n) is 24.9. The van der Waals surface area contributed by atoms with Crippen molar-refractivity contribution >= 4 is 28.9 Å². The van der Waals surface area contributed by atoms with Gasteiger partial charge in [-0.2, -0.15) is 0 Å². The van der Waals surface area contributed by atoms with Crippen LogP contribution in [0.4, 0.5) is 17.1 Å². The van der Waals surface area contributed by atoms with Crippen LogP contribution in [0.3, 0.4) is 0 Å². The fourth-order valence-corrected chi connectivity index (χ4v) is 5.68. The van der Waals surface area contributed by atoms with E-state index in [-0.39, 0.29) is 43.2 Å². The fraction of sp³-hybridized carbons (Fsp3) is 0.412. The number of β-amino-alcohol motifs (C(OH)–C–C–N with tert-alkyl or cyclic N) is 1. The second kappa shape index (κ2) is 15.3. The SMILES string of the molecule is Nc1ccccc1NC(=O)CCCCC(=O)Nc1cccc([C@H]2O[C@@H](CN3CC[C@H](O)C3)C[C@@H](c3ccc(CO)cc3)O2)c1. The van der Waals surface area contributed by atoms with Gasteiger partial charge < -0.3 is 36.1 Å². The predicted octanol–water partition coefficient (Wildman–Crippen LogP) is 4.51. The van der Waals surface area contributed by atoms with Crippen molar-refractivity contribution in [1.29, 1.82) is 0 Å². The number of aliphatic hydroxyl groups excluding tert-OH is 2. The van der Waals surface area contributed by atoms with Crippen molar-refractivity contribution in [3.8, 4) is 0 Å². The molecule has 2 aliphatic heterocycles. The molecule has 10 heteroatoms. The Balaban J connectivity index is 1.16. The lowest BCUT2D eigenvalue weighted by molar-refractivity contribution is -0.252. The van der Waals surface area contributed by atoms with Gasteiger partial charge in [0.1, 0.15) is 0 Å².